The van der Waals surface area contributed by atoms with E-state index in [1.807, 2.05) is 31.2 Å². The fraction of sp³-hybridized carbons (Fsp3) is 0.389. The zero-order valence-electron chi connectivity index (χ0n) is 15.2. The number of nitrogens with two attached hydrogens (primary N) is 1. The Labute approximate surface area is 160 Å². The molecular weight excluding hydrogens is 364 g/mol. The van der Waals surface area contributed by atoms with Crippen LogP contribution in [0.2, 0.25) is 0 Å². The molecule has 2 aromatic heterocycles. The van der Waals surface area contributed by atoms with E-state index in [-0.39, 0.29) is 6.04 Å². The zero-order chi connectivity index (χ0) is 19.8. The number of benzene rings is 1. The monoisotopic (exact) mass is 386 g/mol. The highest BCUT2D eigenvalue weighted by molar-refractivity contribution is 5.83. The normalized spacial score (nSPS) is 25.9. The molecule has 10 heteroatoms. The Hall–Kier alpha value is -2.79. The Morgan fingerprint density at radius 3 is 2.61 bits per heavy atom. The first-order valence-electron chi connectivity index (χ1n) is 8.91. The van der Waals surface area contributed by atoms with Crippen molar-refractivity contribution in [1.29, 1.82) is 0 Å². The number of hydrogen-bond acceptors (Lipinski definition) is 9. The van der Waals surface area contributed by atoms with Gasteiger partial charge in [-0.2, -0.15) is 0 Å². The lowest BCUT2D eigenvalue weighted by Crippen LogP contribution is -2.33. The molecule has 0 spiro atoms. The van der Waals surface area contributed by atoms with Crippen molar-refractivity contribution in [3.05, 3.63) is 42.5 Å². The van der Waals surface area contributed by atoms with Crippen molar-refractivity contribution in [2.75, 3.05) is 17.7 Å². The van der Waals surface area contributed by atoms with Gasteiger partial charge in [-0.25, -0.2) is 15.0 Å². The highest BCUT2D eigenvalue weighted by atomic mass is 16.6. The van der Waals surface area contributed by atoms with Gasteiger partial charge in [0.1, 0.15) is 24.6 Å². The van der Waals surface area contributed by atoms with E-state index in [4.69, 9.17) is 10.5 Å². The van der Waals surface area contributed by atoms with Crippen molar-refractivity contribution in [3.8, 4) is 0 Å². The standard InChI is InChI=1S/C18H22N6O4/c1-9(10-2-4-11(19)5-3-10)23-16-13-17(21-7-20-16)24(8-22-13)18-15(27)14(26)12(6-25)28-18/h2-5,7-9,12,14-15,18,25-27H,6,19H2,1H3,(H,20,21,23). The van der Waals surface area contributed by atoms with Crippen LogP contribution in [0.15, 0.2) is 36.9 Å². The number of aliphatic hydroxyl groups is 3. The SMILES string of the molecule is CC(Nc1ncnc2c1ncn2C1OC(CO)C(O)C1O)c1ccc(N)cc1. The molecule has 6 N–H and O–H groups in total. The van der Waals surface area contributed by atoms with Crippen LogP contribution in [-0.2, 0) is 4.74 Å². The molecule has 148 valence electrons. The Bertz CT molecular complexity index is 962. The Morgan fingerprint density at radius 2 is 1.93 bits per heavy atom. The summed E-state index contributed by atoms with van der Waals surface area (Å²) in [7, 11) is 0. The first kappa shape index (κ1) is 18.6. The van der Waals surface area contributed by atoms with Crippen molar-refractivity contribution < 1.29 is 20.1 Å². The first-order valence-corrected chi connectivity index (χ1v) is 8.91. The molecule has 1 aromatic carbocycles. The topological polar surface area (TPSA) is 152 Å². The predicted octanol–water partition coefficient (Wildman–Crippen LogP) is 0.193. The molecule has 0 amide bonds. The number of fused-ring (bicyclic) bond motifs is 1. The minimum atomic E-state index is -1.21. The van der Waals surface area contributed by atoms with Gasteiger partial charge in [-0.15, -0.1) is 0 Å². The van der Waals surface area contributed by atoms with Crippen LogP contribution in [0, 0.1) is 0 Å². The van der Waals surface area contributed by atoms with Crippen molar-refractivity contribution in [2.24, 2.45) is 0 Å². The summed E-state index contributed by atoms with van der Waals surface area (Å²) < 4.78 is 7.10. The van der Waals surface area contributed by atoms with Crippen LogP contribution in [0.5, 0.6) is 0 Å². The van der Waals surface area contributed by atoms with Crippen LogP contribution < -0.4 is 11.1 Å². The first-order chi connectivity index (χ1) is 13.5. The predicted molar refractivity (Wildman–Crippen MR) is 101 cm³/mol. The summed E-state index contributed by atoms with van der Waals surface area (Å²) in [5.41, 5.74) is 8.41. The van der Waals surface area contributed by atoms with Crippen molar-refractivity contribution in [2.45, 2.75) is 37.5 Å². The summed E-state index contributed by atoms with van der Waals surface area (Å²) in [4.78, 5) is 12.9. The van der Waals surface area contributed by atoms with E-state index in [9.17, 15) is 15.3 Å². The molecule has 0 saturated carbocycles. The summed E-state index contributed by atoms with van der Waals surface area (Å²) >= 11 is 0. The molecule has 0 radical (unpaired) electrons. The minimum absolute atomic E-state index is 0.0576. The molecule has 10 nitrogen and oxygen atoms in total. The summed E-state index contributed by atoms with van der Waals surface area (Å²) in [6, 6.07) is 7.48. The fourth-order valence-corrected chi connectivity index (χ4v) is 3.33. The summed E-state index contributed by atoms with van der Waals surface area (Å²) in [5, 5.41) is 32.9. The van der Waals surface area contributed by atoms with E-state index in [1.165, 1.54) is 17.2 Å². The van der Waals surface area contributed by atoms with Crippen LogP contribution in [0.4, 0.5) is 11.5 Å². The lowest BCUT2D eigenvalue weighted by molar-refractivity contribution is -0.0511. The van der Waals surface area contributed by atoms with Gasteiger partial charge in [0.2, 0.25) is 0 Å². The molecule has 5 atom stereocenters. The van der Waals surface area contributed by atoms with E-state index in [1.54, 1.807) is 0 Å². The number of nitrogen functional groups attached to an aromatic ring is 1. The molecule has 3 heterocycles. The third-order valence-electron chi connectivity index (χ3n) is 4.94. The summed E-state index contributed by atoms with van der Waals surface area (Å²) in [6.45, 7) is 1.59. The van der Waals surface area contributed by atoms with Crippen molar-refractivity contribution in [3.63, 3.8) is 0 Å². The molecule has 4 rings (SSSR count). The van der Waals surface area contributed by atoms with E-state index in [0.29, 0.717) is 22.7 Å². The quantitative estimate of drug-likeness (QED) is 0.387. The molecule has 1 fully saturated rings. The Balaban J connectivity index is 1.63. The number of ether oxygens (including phenoxy) is 1. The van der Waals surface area contributed by atoms with Crippen LogP contribution in [0.25, 0.3) is 11.2 Å². The number of anilines is 2. The molecule has 3 aromatic rings. The van der Waals surface area contributed by atoms with Gasteiger partial charge in [-0.1, -0.05) is 12.1 Å². The number of imidazole rings is 1. The lowest BCUT2D eigenvalue weighted by atomic mass is 10.1. The lowest BCUT2D eigenvalue weighted by Gasteiger charge is -2.17. The van der Waals surface area contributed by atoms with Gasteiger partial charge in [0, 0.05) is 5.69 Å². The molecule has 28 heavy (non-hydrogen) atoms. The maximum atomic E-state index is 10.3. The molecule has 1 aliphatic heterocycles. The fourth-order valence-electron chi connectivity index (χ4n) is 3.33. The molecule has 1 aliphatic rings. The molecule has 0 bridgehead atoms. The van der Waals surface area contributed by atoms with Crippen LogP contribution in [0.3, 0.4) is 0 Å². The van der Waals surface area contributed by atoms with Crippen molar-refractivity contribution >= 4 is 22.7 Å². The van der Waals surface area contributed by atoms with Gasteiger partial charge in [-0.3, -0.25) is 4.57 Å². The van der Waals surface area contributed by atoms with Crippen molar-refractivity contribution in [1.82, 2.24) is 19.5 Å². The largest absolute Gasteiger partial charge is 0.399 e. The second-order valence-corrected chi connectivity index (χ2v) is 6.81. The third-order valence-corrected chi connectivity index (χ3v) is 4.94. The molecule has 5 unspecified atom stereocenters. The van der Waals surface area contributed by atoms with Crippen LogP contribution >= 0.6 is 0 Å². The van der Waals surface area contributed by atoms with E-state index in [2.05, 4.69) is 20.3 Å². The number of nitrogens with zero attached hydrogens (tertiary/aromatic N) is 4. The smallest absolute Gasteiger partial charge is 0.167 e. The molecule has 0 aliphatic carbocycles. The maximum absolute atomic E-state index is 10.3. The average molecular weight is 386 g/mol. The molecule has 1 saturated heterocycles. The number of rotatable bonds is 5. The van der Waals surface area contributed by atoms with Gasteiger partial charge in [-0.05, 0) is 24.6 Å². The minimum Gasteiger partial charge on any atom is -0.399 e. The number of aromatic nitrogens is 4. The number of aliphatic hydroxyl groups excluding tert-OH is 3. The highest BCUT2D eigenvalue weighted by Crippen LogP contribution is 2.32. The van der Waals surface area contributed by atoms with Gasteiger partial charge in [0.05, 0.1) is 19.0 Å². The maximum Gasteiger partial charge on any atom is 0.167 e. The van der Waals surface area contributed by atoms with Gasteiger partial charge in [0.15, 0.2) is 23.2 Å². The van der Waals surface area contributed by atoms with Gasteiger partial charge >= 0.3 is 0 Å². The second kappa shape index (κ2) is 7.32. The second-order valence-electron chi connectivity index (χ2n) is 6.81. The average Bonchev–Trinajstić information content (AvgIpc) is 3.24. The van der Waals surface area contributed by atoms with Crippen LogP contribution in [-0.4, -0.2) is 59.8 Å². The Morgan fingerprint density at radius 1 is 1.18 bits per heavy atom. The van der Waals surface area contributed by atoms with E-state index < -0.39 is 31.1 Å². The van der Waals surface area contributed by atoms with Gasteiger partial charge < -0.3 is 31.1 Å². The third kappa shape index (κ3) is 3.16. The Kier molecular flexibility index (Phi) is 4.85. The zero-order valence-corrected chi connectivity index (χ0v) is 15.2. The highest BCUT2D eigenvalue weighted by Gasteiger charge is 2.44. The van der Waals surface area contributed by atoms with E-state index in [0.717, 1.165) is 5.56 Å². The van der Waals surface area contributed by atoms with Crippen LogP contribution in [0.1, 0.15) is 24.8 Å². The number of hydrogen-bond donors (Lipinski definition) is 5. The molecular formula is C18H22N6O4. The summed E-state index contributed by atoms with van der Waals surface area (Å²) in [6.07, 6.45) is -1.33. The van der Waals surface area contributed by atoms with Gasteiger partial charge in [0.25, 0.3) is 0 Å². The number of nitrogens with one attached hydrogen (secondary N) is 1. The van der Waals surface area contributed by atoms with E-state index >= 15 is 0 Å². The summed E-state index contributed by atoms with van der Waals surface area (Å²) in [5.74, 6) is 0.528.